The minimum atomic E-state index is -1.44. The van der Waals surface area contributed by atoms with Crippen LogP contribution in [0.1, 0.15) is 31.9 Å². The largest absolute Gasteiger partial charge is 0.465 e. The van der Waals surface area contributed by atoms with Crippen LogP contribution in [0.15, 0.2) is 42.6 Å². The van der Waals surface area contributed by atoms with E-state index in [0.717, 1.165) is 26.1 Å². The van der Waals surface area contributed by atoms with Crippen LogP contribution in [0.5, 0.6) is 0 Å². The summed E-state index contributed by atoms with van der Waals surface area (Å²) in [6.45, 7) is 4.87. The van der Waals surface area contributed by atoms with E-state index in [-0.39, 0.29) is 35.9 Å². The van der Waals surface area contributed by atoms with Crippen LogP contribution in [0.3, 0.4) is 0 Å². The zero-order chi connectivity index (χ0) is 30.1. The number of hydrogen-bond acceptors (Lipinski definition) is 10. The zero-order valence-corrected chi connectivity index (χ0v) is 24.4. The number of nitrogens with zero attached hydrogens (tertiary/aromatic N) is 4. The number of aromatic nitrogens is 3. The van der Waals surface area contributed by atoms with Crippen molar-refractivity contribution in [2.24, 2.45) is 0 Å². The lowest BCUT2D eigenvalue weighted by atomic mass is 9.82. The van der Waals surface area contributed by atoms with E-state index in [2.05, 4.69) is 43.0 Å². The van der Waals surface area contributed by atoms with Gasteiger partial charge in [0.05, 0.1) is 24.6 Å². The number of hydrogen-bond donors (Lipinski definition) is 4. The molecule has 1 aliphatic heterocycles. The van der Waals surface area contributed by atoms with Crippen molar-refractivity contribution < 1.29 is 23.8 Å². The maximum Gasteiger partial charge on any atom is 0.320 e. The Kier molecular flexibility index (Phi) is 10.7. The molecule has 224 valence electrons. The Bertz CT molecular complexity index is 1410. The number of ether oxygens (including phenoxy) is 1. The molecule has 11 nitrogen and oxygen atoms in total. The van der Waals surface area contributed by atoms with E-state index in [9.17, 15) is 19.1 Å². The molecule has 0 spiro atoms. The molecule has 1 saturated heterocycles. The van der Waals surface area contributed by atoms with Crippen molar-refractivity contribution in [2.75, 3.05) is 57.1 Å². The smallest absolute Gasteiger partial charge is 0.320 e. The molecule has 1 atom stereocenters. The Morgan fingerprint density at radius 3 is 2.74 bits per heavy atom. The fourth-order valence-electron chi connectivity index (χ4n) is 4.78. The molecule has 0 radical (unpaired) electrons. The molecule has 1 amide bonds. The monoisotopic (exact) mass is 599 g/mol. The molecule has 1 fully saturated rings. The van der Waals surface area contributed by atoms with Crippen LogP contribution in [0.4, 0.5) is 21.6 Å². The number of esters is 1. The SMILES string of the molecule is CCCN(CCNC)CCC(=O)Nc1cc(Nc2cc(-c3cc(Cl)ccc3F)nnc2C2(CO)CCOC2=O)ccn1. The van der Waals surface area contributed by atoms with E-state index < -0.39 is 23.8 Å². The zero-order valence-electron chi connectivity index (χ0n) is 23.6. The van der Waals surface area contributed by atoms with Gasteiger partial charge in [0.25, 0.3) is 0 Å². The number of likely N-dealkylation sites (N-methyl/N-ethyl adjacent to an activating group) is 1. The van der Waals surface area contributed by atoms with Gasteiger partial charge in [-0.25, -0.2) is 9.37 Å². The number of carbonyl (C=O) groups excluding carboxylic acids is 2. The molecule has 3 aromatic rings. The van der Waals surface area contributed by atoms with E-state index in [1.807, 2.05) is 7.05 Å². The van der Waals surface area contributed by atoms with Crippen molar-refractivity contribution in [2.45, 2.75) is 31.6 Å². The normalized spacial score (nSPS) is 16.5. The fourth-order valence-corrected chi connectivity index (χ4v) is 4.95. The number of halogens is 2. The molecule has 1 aromatic carbocycles. The average molecular weight is 600 g/mol. The summed E-state index contributed by atoms with van der Waals surface area (Å²) in [7, 11) is 1.90. The molecule has 3 heterocycles. The number of rotatable bonds is 14. The van der Waals surface area contributed by atoms with Gasteiger partial charge in [-0.1, -0.05) is 18.5 Å². The van der Waals surface area contributed by atoms with Gasteiger partial charge in [-0.05, 0) is 50.3 Å². The third kappa shape index (κ3) is 7.37. The van der Waals surface area contributed by atoms with Gasteiger partial charge in [-0.3, -0.25) is 9.59 Å². The minimum absolute atomic E-state index is 0.112. The highest BCUT2D eigenvalue weighted by Gasteiger charge is 2.49. The first kappa shape index (κ1) is 31.2. The van der Waals surface area contributed by atoms with Crippen molar-refractivity contribution in [1.82, 2.24) is 25.4 Å². The highest BCUT2D eigenvalue weighted by Crippen LogP contribution is 2.39. The van der Waals surface area contributed by atoms with E-state index in [1.165, 1.54) is 30.5 Å². The third-order valence-corrected chi connectivity index (χ3v) is 7.29. The Morgan fingerprint density at radius 2 is 2.02 bits per heavy atom. The predicted molar refractivity (Wildman–Crippen MR) is 158 cm³/mol. The Morgan fingerprint density at radius 1 is 1.19 bits per heavy atom. The summed E-state index contributed by atoms with van der Waals surface area (Å²) in [6.07, 6.45) is 3.01. The van der Waals surface area contributed by atoms with Crippen molar-refractivity contribution in [1.29, 1.82) is 0 Å². The van der Waals surface area contributed by atoms with Crippen LogP contribution in [-0.4, -0.2) is 83.5 Å². The fraction of sp³-hybridized carbons (Fsp3) is 0.414. The lowest BCUT2D eigenvalue weighted by molar-refractivity contribution is -0.144. The first-order chi connectivity index (χ1) is 20.3. The number of benzene rings is 1. The van der Waals surface area contributed by atoms with Gasteiger partial charge in [0, 0.05) is 61.0 Å². The van der Waals surface area contributed by atoms with E-state index in [0.29, 0.717) is 35.2 Å². The number of pyridine rings is 1. The maximum absolute atomic E-state index is 14.7. The lowest BCUT2D eigenvalue weighted by Crippen LogP contribution is -2.37. The highest BCUT2D eigenvalue weighted by atomic mass is 35.5. The molecule has 1 aliphatic rings. The van der Waals surface area contributed by atoms with Crippen molar-refractivity contribution >= 4 is 40.7 Å². The van der Waals surface area contributed by atoms with Gasteiger partial charge in [0.1, 0.15) is 22.7 Å². The van der Waals surface area contributed by atoms with Crippen LogP contribution in [0.25, 0.3) is 11.3 Å². The molecule has 4 rings (SSSR count). The van der Waals surface area contributed by atoms with Crippen LogP contribution in [0, 0.1) is 5.82 Å². The third-order valence-electron chi connectivity index (χ3n) is 7.05. The van der Waals surface area contributed by atoms with Gasteiger partial charge in [-0.15, -0.1) is 5.10 Å². The number of carbonyl (C=O) groups is 2. The number of aliphatic hydroxyl groups is 1. The Hall–Kier alpha value is -3.71. The molecule has 4 N–H and O–H groups in total. The molecule has 42 heavy (non-hydrogen) atoms. The van der Waals surface area contributed by atoms with Crippen LogP contribution in [0.2, 0.25) is 5.02 Å². The molecule has 13 heteroatoms. The summed E-state index contributed by atoms with van der Waals surface area (Å²) in [5.41, 5.74) is -0.200. The molecule has 2 aromatic heterocycles. The molecular formula is C29H35ClFN7O4. The Labute approximate surface area is 248 Å². The van der Waals surface area contributed by atoms with Crippen LogP contribution >= 0.6 is 11.6 Å². The second kappa shape index (κ2) is 14.5. The number of anilines is 3. The van der Waals surface area contributed by atoms with Crippen LogP contribution in [-0.2, 0) is 19.7 Å². The van der Waals surface area contributed by atoms with Crippen molar-refractivity contribution in [3.63, 3.8) is 0 Å². The summed E-state index contributed by atoms with van der Waals surface area (Å²) in [5, 5.41) is 28.2. The van der Waals surface area contributed by atoms with Gasteiger partial charge < -0.3 is 30.7 Å². The Balaban J connectivity index is 1.59. The number of amides is 1. The number of nitrogens with one attached hydrogen (secondary N) is 3. The summed E-state index contributed by atoms with van der Waals surface area (Å²) in [6, 6.07) is 8.91. The molecule has 0 bridgehead atoms. The average Bonchev–Trinajstić information content (AvgIpc) is 3.36. The first-order valence-corrected chi connectivity index (χ1v) is 14.2. The quantitative estimate of drug-likeness (QED) is 0.203. The number of cyclic esters (lactones) is 1. The van der Waals surface area contributed by atoms with E-state index in [1.54, 1.807) is 12.1 Å². The van der Waals surface area contributed by atoms with E-state index >= 15 is 0 Å². The van der Waals surface area contributed by atoms with E-state index in [4.69, 9.17) is 16.3 Å². The summed E-state index contributed by atoms with van der Waals surface area (Å²) < 4.78 is 19.9. The predicted octanol–water partition coefficient (Wildman–Crippen LogP) is 3.51. The van der Waals surface area contributed by atoms with Crippen molar-refractivity contribution in [3.8, 4) is 11.3 Å². The maximum atomic E-state index is 14.7. The number of aliphatic hydroxyl groups excluding tert-OH is 1. The molecular weight excluding hydrogens is 565 g/mol. The summed E-state index contributed by atoms with van der Waals surface area (Å²) in [5.74, 6) is -1.03. The van der Waals surface area contributed by atoms with Crippen molar-refractivity contribution in [3.05, 3.63) is 59.1 Å². The lowest BCUT2D eigenvalue weighted by Gasteiger charge is -2.24. The molecule has 1 unspecified atom stereocenters. The topological polar surface area (TPSA) is 142 Å². The first-order valence-electron chi connectivity index (χ1n) is 13.8. The molecule has 0 aliphatic carbocycles. The van der Waals surface area contributed by atoms with Gasteiger partial charge in [0.2, 0.25) is 5.91 Å². The van der Waals surface area contributed by atoms with Crippen LogP contribution < -0.4 is 16.0 Å². The summed E-state index contributed by atoms with van der Waals surface area (Å²) in [4.78, 5) is 32.0. The highest BCUT2D eigenvalue weighted by molar-refractivity contribution is 6.30. The van der Waals surface area contributed by atoms with Gasteiger partial charge in [-0.2, -0.15) is 5.10 Å². The van der Waals surface area contributed by atoms with Gasteiger partial charge in [0.15, 0.2) is 0 Å². The second-order valence-electron chi connectivity index (χ2n) is 10.0. The second-order valence-corrected chi connectivity index (χ2v) is 10.5. The standard InChI is InChI=1S/C29H35ClFN7O4/c1-3-11-38(13-10-32-2)12-7-26(40)35-25-16-20(6-9-33-25)34-24-17-23(21-15-19(30)4-5-22(21)31)36-37-27(24)29(18-39)8-14-42-28(29)41/h4-6,9,15-17,32,39H,3,7-8,10-14,18H2,1-2H3,(H2,33,34,35,36,40). The summed E-state index contributed by atoms with van der Waals surface area (Å²) >= 11 is 6.10. The van der Waals surface area contributed by atoms with Gasteiger partial charge >= 0.3 is 5.97 Å². The molecule has 0 saturated carbocycles. The minimum Gasteiger partial charge on any atom is -0.465 e.